The quantitative estimate of drug-likeness (QED) is 0.505. The van der Waals surface area contributed by atoms with E-state index in [-0.39, 0.29) is 23.3 Å². The van der Waals surface area contributed by atoms with Gasteiger partial charge in [-0.25, -0.2) is 8.42 Å². The number of aryl methyl sites for hydroxylation is 1. The molecule has 2 amide bonds. The first-order valence-corrected chi connectivity index (χ1v) is 14.0. The maximum Gasteiger partial charge on any atom is 0.252 e. The predicted molar refractivity (Wildman–Crippen MR) is 139 cm³/mol. The Morgan fingerprint density at radius 2 is 1.94 bits per heavy atom. The van der Waals surface area contributed by atoms with Crippen molar-refractivity contribution < 1.29 is 22.7 Å². The van der Waals surface area contributed by atoms with Gasteiger partial charge in [0.15, 0.2) is 4.80 Å². The Labute approximate surface area is 214 Å². The van der Waals surface area contributed by atoms with Crippen LogP contribution in [0, 0.1) is 12.8 Å². The zero-order valence-electron chi connectivity index (χ0n) is 20.6. The highest BCUT2D eigenvalue weighted by molar-refractivity contribution is 7.89. The zero-order chi connectivity index (χ0) is 25.9. The molecule has 4 rings (SSSR count). The number of aromatic nitrogens is 1. The third-order valence-corrected chi connectivity index (χ3v) is 9.04. The number of sulfonamides is 1. The summed E-state index contributed by atoms with van der Waals surface area (Å²) in [6.07, 6.45) is 1.17. The van der Waals surface area contributed by atoms with E-state index >= 15 is 0 Å². The number of carbonyl (C=O) groups is 2. The minimum Gasteiger partial charge on any atom is -0.383 e. The summed E-state index contributed by atoms with van der Waals surface area (Å²) >= 11 is 1.35. The molecule has 0 aliphatic carbocycles. The topological polar surface area (TPSA) is 110 Å². The Hall–Kier alpha value is -2.86. The van der Waals surface area contributed by atoms with E-state index < -0.39 is 15.9 Å². The van der Waals surface area contributed by atoms with Crippen LogP contribution >= 0.6 is 11.3 Å². The number of thiazole rings is 1. The number of benzene rings is 2. The van der Waals surface area contributed by atoms with Crippen molar-refractivity contribution in [2.45, 2.75) is 38.1 Å². The summed E-state index contributed by atoms with van der Waals surface area (Å²) in [6, 6.07) is 12.3. The standard InChI is InChI=1S/C25H30N4O5S2/c1-17-6-9-21(10-7-17)36(32,33)28-12-4-5-19(16-28)24(31)27-25-29(13-14-34-3)22-11-8-20(26-18(2)30)15-23(22)35-25/h6-11,15,19H,4-5,12-14,16H2,1-3H3,(H,26,30). The minimum atomic E-state index is -3.69. The van der Waals surface area contributed by atoms with E-state index in [1.54, 1.807) is 37.4 Å². The van der Waals surface area contributed by atoms with Crippen molar-refractivity contribution in [1.82, 2.24) is 8.87 Å². The largest absolute Gasteiger partial charge is 0.383 e. The molecule has 0 spiro atoms. The number of hydrogen-bond acceptors (Lipinski definition) is 6. The molecule has 0 radical (unpaired) electrons. The molecule has 1 fully saturated rings. The molecular formula is C25H30N4O5S2. The summed E-state index contributed by atoms with van der Waals surface area (Å²) in [6.45, 7) is 4.77. The van der Waals surface area contributed by atoms with Gasteiger partial charge in [0.25, 0.3) is 5.91 Å². The fourth-order valence-corrected chi connectivity index (χ4v) is 6.87. The number of methoxy groups -OCH3 is 1. The lowest BCUT2D eigenvalue weighted by atomic mass is 9.99. The van der Waals surface area contributed by atoms with Gasteiger partial charge >= 0.3 is 0 Å². The van der Waals surface area contributed by atoms with E-state index in [1.165, 1.54) is 22.6 Å². The number of carbonyl (C=O) groups excluding carboxylic acids is 2. The van der Waals surface area contributed by atoms with E-state index in [4.69, 9.17) is 4.74 Å². The first-order chi connectivity index (χ1) is 17.2. The van der Waals surface area contributed by atoms with Gasteiger partial charge in [-0.1, -0.05) is 29.0 Å². The number of fused-ring (bicyclic) bond motifs is 1. The number of hydrogen-bond donors (Lipinski definition) is 1. The van der Waals surface area contributed by atoms with Gasteiger partial charge in [-0.3, -0.25) is 9.59 Å². The van der Waals surface area contributed by atoms with Crippen LogP contribution in [0.5, 0.6) is 0 Å². The number of piperidine rings is 1. The van der Waals surface area contributed by atoms with E-state index in [0.29, 0.717) is 43.0 Å². The molecule has 1 aromatic heterocycles. The van der Waals surface area contributed by atoms with Crippen LogP contribution in [0.15, 0.2) is 52.4 Å². The predicted octanol–water partition coefficient (Wildman–Crippen LogP) is 3.14. The summed E-state index contributed by atoms with van der Waals surface area (Å²) in [5, 5.41) is 2.77. The molecule has 1 N–H and O–H groups in total. The molecule has 2 heterocycles. The highest BCUT2D eigenvalue weighted by Gasteiger charge is 2.33. The highest BCUT2D eigenvalue weighted by Crippen LogP contribution is 2.26. The van der Waals surface area contributed by atoms with Gasteiger partial charge in [0.1, 0.15) is 0 Å². The monoisotopic (exact) mass is 530 g/mol. The number of rotatable bonds is 7. The van der Waals surface area contributed by atoms with E-state index in [9.17, 15) is 18.0 Å². The van der Waals surface area contributed by atoms with Gasteiger partial charge in [-0.2, -0.15) is 9.30 Å². The van der Waals surface area contributed by atoms with Crippen molar-refractivity contribution >= 4 is 49.1 Å². The maximum atomic E-state index is 13.3. The number of nitrogens with zero attached hydrogens (tertiary/aromatic N) is 3. The molecule has 0 bridgehead atoms. The molecular weight excluding hydrogens is 500 g/mol. The van der Waals surface area contributed by atoms with Crippen LogP contribution in [-0.4, -0.2) is 55.9 Å². The van der Waals surface area contributed by atoms with E-state index in [1.807, 2.05) is 23.6 Å². The number of ether oxygens (including phenoxy) is 1. The summed E-state index contributed by atoms with van der Waals surface area (Å²) < 4.78 is 35.7. The Morgan fingerprint density at radius 1 is 1.19 bits per heavy atom. The molecule has 11 heteroatoms. The molecule has 9 nitrogen and oxygen atoms in total. The van der Waals surface area contributed by atoms with E-state index in [2.05, 4.69) is 10.3 Å². The van der Waals surface area contributed by atoms with Crippen LogP contribution in [0.2, 0.25) is 0 Å². The molecule has 0 saturated carbocycles. The molecule has 36 heavy (non-hydrogen) atoms. The molecule has 1 aliphatic heterocycles. The van der Waals surface area contributed by atoms with Crippen molar-refractivity contribution in [3.8, 4) is 0 Å². The van der Waals surface area contributed by atoms with Crippen LogP contribution in [-0.2, 0) is 30.9 Å². The van der Waals surface area contributed by atoms with Gasteiger partial charge in [-0.15, -0.1) is 0 Å². The van der Waals surface area contributed by atoms with Crippen LogP contribution in [0.3, 0.4) is 0 Å². The molecule has 1 atom stereocenters. The molecule has 192 valence electrons. The average Bonchev–Trinajstić information content (AvgIpc) is 3.18. The maximum absolute atomic E-state index is 13.3. The highest BCUT2D eigenvalue weighted by atomic mass is 32.2. The fourth-order valence-electron chi connectivity index (χ4n) is 4.25. The van der Waals surface area contributed by atoms with Crippen LogP contribution in [0.25, 0.3) is 10.2 Å². The van der Waals surface area contributed by atoms with Crippen molar-refractivity contribution in [2.24, 2.45) is 10.9 Å². The Kier molecular flexibility index (Phi) is 8.04. The second-order valence-corrected chi connectivity index (χ2v) is 11.8. The Morgan fingerprint density at radius 3 is 2.64 bits per heavy atom. The van der Waals surface area contributed by atoms with Crippen LogP contribution < -0.4 is 10.1 Å². The molecule has 1 aliphatic rings. The van der Waals surface area contributed by atoms with Gasteiger partial charge in [0.2, 0.25) is 15.9 Å². The summed E-state index contributed by atoms with van der Waals surface area (Å²) in [5.74, 6) is -1.02. The average molecular weight is 531 g/mol. The second-order valence-electron chi connectivity index (χ2n) is 8.86. The first kappa shape index (κ1) is 26.2. The number of anilines is 1. The normalized spacial score (nSPS) is 17.4. The Bertz CT molecular complexity index is 1440. The summed E-state index contributed by atoms with van der Waals surface area (Å²) in [7, 11) is -2.08. The molecule has 2 aromatic carbocycles. The van der Waals surface area contributed by atoms with Gasteiger partial charge < -0.3 is 14.6 Å². The first-order valence-electron chi connectivity index (χ1n) is 11.7. The third kappa shape index (κ3) is 5.75. The lowest BCUT2D eigenvalue weighted by Crippen LogP contribution is -2.42. The minimum absolute atomic E-state index is 0.105. The third-order valence-electron chi connectivity index (χ3n) is 6.12. The Balaban J connectivity index is 1.63. The lowest BCUT2D eigenvalue weighted by Gasteiger charge is -2.30. The van der Waals surface area contributed by atoms with Crippen LogP contribution in [0.1, 0.15) is 25.3 Å². The molecule has 1 saturated heterocycles. The van der Waals surface area contributed by atoms with Crippen molar-refractivity contribution in [3.05, 3.63) is 52.8 Å². The second kappa shape index (κ2) is 11.0. The smallest absolute Gasteiger partial charge is 0.252 e. The van der Waals surface area contributed by atoms with Crippen LogP contribution in [0.4, 0.5) is 5.69 Å². The van der Waals surface area contributed by atoms with Crippen molar-refractivity contribution in [2.75, 3.05) is 32.1 Å². The molecule has 3 aromatic rings. The van der Waals surface area contributed by atoms with Gasteiger partial charge in [0, 0.05) is 39.4 Å². The molecule has 1 unspecified atom stereocenters. The fraction of sp³-hybridized carbons (Fsp3) is 0.400. The zero-order valence-corrected chi connectivity index (χ0v) is 22.2. The van der Waals surface area contributed by atoms with Gasteiger partial charge in [-0.05, 0) is 50.1 Å². The lowest BCUT2D eigenvalue weighted by molar-refractivity contribution is -0.123. The number of amides is 2. The summed E-state index contributed by atoms with van der Waals surface area (Å²) in [5.41, 5.74) is 2.52. The SMILES string of the molecule is COCCn1c(=NC(=O)C2CCCN(S(=O)(=O)c3ccc(C)cc3)C2)sc2cc(NC(C)=O)ccc21. The van der Waals surface area contributed by atoms with Gasteiger partial charge in [0.05, 0.1) is 27.6 Å². The van der Waals surface area contributed by atoms with Crippen molar-refractivity contribution in [1.29, 1.82) is 0 Å². The summed E-state index contributed by atoms with van der Waals surface area (Å²) in [4.78, 5) is 29.9. The van der Waals surface area contributed by atoms with E-state index in [0.717, 1.165) is 15.8 Å². The van der Waals surface area contributed by atoms with Crippen molar-refractivity contribution in [3.63, 3.8) is 0 Å². The number of nitrogens with one attached hydrogen (secondary N) is 1.